The monoisotopic (exact) mass is 487 g/mol. The van der Waals surface area contributed by atoms with Crippen molar-refractivity contribution in [2.45, 2.75) is 41.5 Å². The summed E-state index contributed by atoms with van der Waals surface area (Å²) in [6.07, 6.45) is 1.80. The number of methoxy groups -OCH3 is 1. The number of sulfonamides is 2. The van der Waals surface area contributed by atoms with E-state index in [-0.39, 0.29) is 33.2 Å². The first-order valence-corrected chi connectivity index (χ1v) is 13.3. The van der Waals surface area contributed by atoms with Crippen molar-refractivity contribution >= 4 is 49.1 Å². The van der Waals surface area contributed by atoms with E-state index in [2.05, 4.69) is 14.8 Å². The molecule has 0 saturated carbocycles. The number of carbonyl (C=O) groups is 1. The number of hydrogen-bond donors (Lipinski definition) is 3. The smallest absolute Gasteiger partial charge is 0.262 e. The molecule has 0 fully saturated rings. The predicted octanol–water partition coefficient (Wildman–Crippen LogP) is 2.86. The minimum atomic E-state index is -4.12. The lowest BCUT2D eigenvalue weighted by Gasteiger charge is -2.16. The SMILES string of the molecule is COc1ccc(S(=O)(=O)NC(C)C)cc1NS(=O)(=O)c1ccc(SC)c(NC(C)=O)c1. The fourth-order valence-electron chi connectivity index (χ4n) is 2.66. The van der Waals surface area contributed by atoms with Crippen LogP contribution in [0.15, 0.2) is 51.1 Å². The van der Waals surface area contributed by atoms with Crippen molar-refractivity contribution in [3.63, 3.8) is 0 Å². The highest BCUT2D eigenvalue weighted by molar-refractivity contribution is 7.98. The molecule has 0 aliphatic rings. The third kappa shape index (κ3) is 6.35. The number of nitrogens with one attached hydrogen (secondary N) is 3. The Labute approximate surface area is 187 Å². The van der Waals surface area contributed by atoms with E-state index >= 15 is 0 Å². The number of hydrogen-bond acceptors (Lipinski definition) is 7. The Kier molecular flexibility index (Phi) is 7.98. The van der Waals surface area contributed by atoms with Crippen molar-refractivity contribution in [2.75, 3.05) is 23.4 Å². The molecule has 0 radical (unpaired) electrons. The van der Waals surface area contributed by atoms with Gasteiger partial charge in [0.05, 0.1) is 28.3 Å². The number of ether oxygens (including phenoxy) is 1. The zero-order valence-corrected chi connectivity index (χ0v) is 20.2. The van der Waals surface area contributed by atoms with Crippen LogP contribution >= 0.6 is 11.8 Å². The molecule has 0 saturated heterocycles. The summed E-state index contributed by atoms with van der Waals surface area (Å²) in [4.78, 5) is 11.9. The van der Waals surface area contributed by atoms with E-state index in [1.54, 1.807) is 26.2 Å². The van der Waals surface area contributed by atoms with Crippen LogP contribution < -0.4 is 19.5 Å². The molecule has 0 atom stereocenters. The van der Waals surface area contributed by atoms with Crippen LogP contribution in [0.3, 0.4) is 0 Å². The maximum atomic E-state index is 13.0. The molecular weight excluding hydrogens is 462 g/mol. The Morgan fingerprint density at radius 2 is 1.55 bits per heavy atom. The van der Waals surface area contributed by atoms with Gasteiger partial charge in [-0.2, -0.15) is 0 Å². The Morgan fingerprint density at radius 1 is 0.968 bits per heavy atom. The number of rotatable bonds is 9. The first-order valence-electron chi connectivity index (χ1n) is 9.08. The summed E-state index contributed by atoms with van der Waals surface area (Å²) in [6.45, 7) is 4.68. The van der Waals surface area contributed by atoms with Gasteiger partial charge in [-0.1, -0.05) is 0 Å². The minimum absolute atomic E-state index is 0.0378. The molecular formula is C19H25N3O6S3. The lowest BCUT2D eigenvalue weighted by atomic mass is 10.3. The standard InChI is InChI=1S/C19H25N3O6S3/c1-12(2)21-30(24,25)14-6-8-18(28-4)16(10-14)22-31(26,27)15-7-9-19(29-5)17(11-15)20-13(3)23/h6-12,21-22H,1-5H3,(H,20,23). The van der Waals surface area contributed by atoms with Crippen LogP contribution in [0.1, 0.15) is 20.8 Å². The summed E-state index contributed by atoms with van der Waals surface area (Å²) >= 11 is 1.35. The first-order chi connectivity index (χ1) is 14.4. The Bertz CT molecular complexity index is 1180. The Morgan fingerprint density at radius 3 is 2.10 bits per heavy atom. The van der Waals surface area contributed by atoms with Gasteiger partial charge in [-0.15, -0.1) is 11.8 Å². The fraction of sp³-hybridized carbons (Fsp3) is 0.316. The van der Waals surface area contributed by atoms with Crippen LogP contribution in [0.25, 0.3) is 0 Å². The molecule has 2 aromatic carbocycles. The van der Waals surface area contributed by atoms with Crippen LogP contribution in [0.2, 0.25) is 0 Å². The van der Waals surface area contributed by atoms with Gasteiger partial charge in [0.2, 0.25) is 15.9 Å². The Balaban J connectivity index is 2.49. The minimum Gasteiger partial charge on any atom is -0.495 e. The van der Waals surface area contributed by atoms with E-state index in [4.69, 9.17) is 4.74 Å². The average Bonchev–Trinajstić information content (AvgIpc) is 2.66. The van der Waals surface area contributed by atoms with E-state index in [1.165, 1.54) is 56.1 Å². The zero-order chi connectivity index (χ0) is 23.4. The highest BCUT2D eigenvalue weighted by Gasteiger charge is 2.22. The van der Waals surface area contributed by atoms with Crippen LogP contribution in [0.5, 0.6) is 5.75 Å². The van der Waals surface area contributed by atoms with E-state index in [0.29, 0.717) is 10.6 Å². The van der Waals surface area contributed by atoms with Gasteiger partial charge in [0.1, 0.15) is 5.75 Å². The summed E-state index contributed by atoms with van der Waals surface area (Å²) in [5.41, 5.74) is 0.316. The van der Waals surface area contributed by atoms with E-state index < -0.39 is 20.0 Å². The van der Waals surface area contributed by atoms with Crippen molar-refractivity contribution in [1.82, 2.24) is 4.72 Å². The van der Waals surface area contributed by atoms with E-state index in [9.17, 15) is 21.6 Å². The number of benzene rings is 2. The molecule has 0 aliphatic carbocycles. The van der Waals surface area contributed by atoms with Crippen molar-refractivity contribution in [3.8, 4) is 5.75 Å². The summed E-state index contributed by atoms with van der Waals surface area (Å²) in [5.74, 6) is -0.190. The molecule has 2 rings (SSSR count). The molecule has 2 aromatic rings. The number of amides is 1. The summed E-state index contributed by atoms with van der Waals surface area (Å²) in [7, 11) is -6.62. The van der Waals surface area contributed by atoms with Gasteiger partial charge < -0.3 is 10.1 Å². The molecule has 0 spiro atoms. The van der Waals surface area contributed by atoms with Crippen molar-refractivity contribution < 1.29 is 26.4 Å². The Hall–Kier alpha value is -2.28. The fourth-order valence-corrected chi connectivity index (χ4v) is 5.56. The van der Waals surface area contributed by atoms with Crippen molar-refractivity contribution in [2.24, 2.45) is 0 Å². The summed E-state index contributed by atoms with van der Waals surface area (Å²) in [6, 6.07) is 7.85. The second kappa shape index (κ2) is 9.90. The predicted molar refractivity (Wildman–Crippen MR) is 122 cm³/mol. The van der Waals surface area contributed by atoms with Crippen LogP contribution in [0, 0.1) is 0 Å². The third-order valence-electron chi connectivity index (χ3n) is 3.91. The number of anilines is 2. The molecule has 31 heavy (non-hydrogen) atoms. The first kappa shape index (κ1) is 25.0. The molecule has 3 N–H and O–H groups in total. The van der Waals surface area contributed by atoms with Gasteiger partial charge in [-0.05, 0) is 56.5 Å². The average molecular weight is 488 g/mol. The lowest BCUT2D eigenvalue weighted by molar-refractivity contribution is -0.114. The highest BCUT2D eigenvalue weighted by atomic mass is 32.2. The van der Waals surface area contributed by atoms with Gasteiger partial charge in [0, 0.05) is 17.9 Å². The topological polar surface area (TPSA) is 131 Å². The van der Waals surface area contributed by atoms with Gasteiger partial charge in [0.15, 0.2) is 0 Å². The van der Waals surface area contributed by atoms with E-state index in [1.807, 2.05) is 0 Å². The van der Waals surface area contributed by atoms with Crippen molar-refractivity contribution in [3.05, 3.63) is 36.4 Å². The second-order valence-electron chi connectivity index (χ2n) is 6.79. The number of carbonyl (C=O) groups excluding carboxylic acids is 1. The molecule has 9 nitrogen and oxygen atoms in total. The normalized spacial score (nSPS) is 11.9. The van der Waals surface area contributed by atoms with Crippen LogP contribution in [0.4, 0.5) is 11.4 Å². The van der Waals surface area contributed by atoms with E-state index in [0.717, 1.165) is 0 Å². The lowest BCUT2D eigenvalue weighted by Crippen LogP contribution is -2.30. The third-order valence-corrected chi connectivity index (χ3v) is 7.72. The molecule has 170 valence electrons. The van der Waals surface area contributed by atoms with Gasteiger partial charge in [-0.3, -0.25) is 9.52 Å². The van der Waals surface area contributed by atoms with Crippen LogP contribution in [-0.2, 0) is 24.8 Å². The maximum absolute atomic E-state index is 13.0. The van der Waals surface area contributed by atoms with Gasteiger partial charge in [-0.25, -0.2) is 21.6 Å². The molecule has 0 aromatic heterocycles. The molecule has 0 unspecified atom stereocenters. The summed E-state index contributed by atoms with van der Waals surface area (Å²) in [5, 5.41) is 2.61. The molecule has 0 aliphatic heterocycles. The van der Waals surface area contributed by atoms with Gasteiger partial charge in [0.25, 0.3) is 10.0 Å². The highest BCUT2D eigenvalue weighted by Crippen LogP contribution is 2.32. The molecule has 12 heteroatoms. The maximum Gasteiger partial charge on any atom is 0.262 e. The molecule has 0 heterocycles. The molecule has 1 amide bonds. The quantitative estimate of drug-likeness (QED) is 0.464. The van der Waals surface area contributed by atoms with Crippen LogP contribution in [-0.4, -0.2) is 42.2 Å². The largest absolute Gasteiger partial charge is 0.495 e. The number of thioether (sulfide) groups is 1. The van der Waals surface area contributed by atoms with Gasteiger partial charge >= 0.3 is 0 Å². The summed E-state index contributed by atoms with van der Waals surface area (Å²) < 4.78 is 60.9. The zero-order valence-electron chi connectivity index (χ0n) is 17.7. The second-order valence-corrected chi connectivity index (χ2v) is 11.0. The molecule has 0 bridgehead atoms. The van der Waals surface area contributed by atoms with Crippen molar-refractivity contribution in [1.29, 1.82) is 0 Å².